The summed E-state index contributed by atoms with van der Waals surface area (Å²) < 4.78 is 5.07. The zero-order chi connectivity index (χ0) is 15.3. The minimum absolute atomic E-state index is 0.565. The highest BCUT2D eigenvalue weighted by Gasteiger charge is 2.41. The van der Waals surface area contributed by atoms with Crippen molar-refractivity contribution in [2.24, 2.45) is 5.41 Å². The van der Waals surface area contributed by atoms with Crippen LogP contribution in [0.2, 0.25) is 0 Å². The fourth-order valence-corrected chi connectivity index (χ4v) is 3.12. The number of ether oxygens (including phenoxy) is 1. The molecule has 1 N–H and O–H groups in total. The molecule has 0 aromatic carbocycles. The Bertz CT molecular complexity index is 492. The normalized spacial score (nSPS) is 22.3. The number of hydrogen-bond acceptors (Lipinski definition) is 4. The molecule has 1 aromatic rings. The first-order chi connectivity index (χ1) is 10.1. The maximum atomic E-state index is 11.8. The van der Waals surface area contributed by atoms with Gasteiger partial charge in [0.2, 0.25) is 0 Å². The van der Waals surface area contributed by atoms with Crippen molar-refractivity contribution in [3.05, 3.63) is 24.0 Å². The van der Waals surface area contributed by atoms with Gasteiger partial charge in [0.15, 0.2) is 0 Å². The third-order valence-corrected chi connectivity index (χ3v) is 4.28. The molecule has 1 saturated heterocycles. The molecule has 0 spiro atoms. The first-order valence-corrected chi connectivity index (χ1v) is 7.47. The van der Waals surface area contributed by atoms with Crippen molar-refractivity contribution in [3.8, 4) is 0 Å². The average Bonchev–Trinajstić information content (AvgIpc) is 2.48. The van der Waals surface area contributed by atoms with Gasteiger partial charge in [-0.15, -0.1) is 0 Å². The summed E-state index contributed by atoms with van der Waals surface area (Å²) in [6.07, 6.45) is 4.88. The van der Waals surface area contributed by atoms with Crippen LogP contribution >= 0.6 is 0 Å². The Morgan fingerprint density at radius 3 is 3.05 bits per heavy atom. The van der Waals surface area contributed by atoms with Gasteiger partial charge in [0.1, 0.15) is 0 Å². The maximum Gasteiger partial charge on any atom is 0.311 e. The number of methoxy groups -OCH3 is 1. The van der Waals surface area contributed by atoms with E-state index in [0.717, 1.165) is 37.2 Å². The number of nitrogens with zero attached hydrogens (tertiary/aromatic N) is 2. The van der Waals surface area contributed by atoms with Gasteiger partial charge >= 0.3 is 5.97 Å². The van der Waals surface area contributed by atoms with Crippen LogP contribution in [0.25, 0.3) is 0 Å². The minimum atomic E-state index is -0.686. The molecule has 2 heterocycles. The topological polar surface area (TPSA) is 62.7 Å². The molecule has 2 rings (SSSR count). The second-order valence-corrected chi connectivity index (χ2v) is 5.86. The van der Waals surface area contributed by atoms with Gasteiger partial charge in [0.25, 0.3) is 0 Å². The van der Waals surface area contributed by atoms with Gasteiger partial charge in [-0.25, -0.2) is 0 Å². The van der Waals surface area contributed by atoms with Crippen molar-refractivity contribution in [2.45, 2.75) is 32.6 Å². The summed E-state index contributed by atoms with van der Waals surface area (Å²) in [5.74, 6) is -0.686. The highest BCUT2D eigenvalue weighted by Crippen LogP contribution is 2.37. The molecule has 0 amide bonds. The standard InChI is InChI=1S/C16H24N2O3/c1-13-11-14(5-8-17-13)18-9-3-6-16(12-18,15(19)20)7-4-10-21-2/h5,8,11H,3-4,6-7,9-10,12H2,1-2H3,(H,19,20). The van der Waals surface area contributed by atoms with E-state index >= 15 is 0 Å². The van der Waals surface area contributed by atoms with Crippen molar-refractivity contribution < 1.29 is 14.6 Å². The van der Waals surface area contributed by atoms with Gasteiger partial charge in [0.05, 0.1) is 5.41 Å². The summed E-state index contributed by atoms with van der Waals surface area (Å²) in [6.45, 7) is 4.04. The number of carboxylic acid groups (broad SMARTS) is 1. The number of rotatable bonds is 6. The lowest BCUT2D eigenvalue weighted by molar-refractivity contribution is -0.150. The number of anilines is 1. The first-order valence-electron chi connectivity index (χ1n) is 7.47. The van der Waals surface area contributed by atoms with Crippen LogP contribution in [0.4, 0.5) is 5.69 Å². The van der Waals surface area contributed by atoms with E-state index in [-0.39, 0.29) is 0 Å². The summed E-state index contributed by atoms with van der Waals surface area (Å²) in [4.78, 5) is 18.2. The quantitative estimate of drug-likeness (QED) is 0.816. The smallest absolute Gasteiger partial charge is 0.311 e. The minimum Gasteiger partial charge on any atom is -0.481 e. The highest BCUT2D eigenvalue weighted by atomic mass is 16.5. The Labute approximate surface area is 125 Å². The SMILES string of the molecule is COCCCC1(C(=O)O)CCCN(c2ccnc(C)c2)C1. The number of aryl methyl sites for hydroxylation is 1. The third-order valence-electron chi connectivity index (χ3n) is 4.28. The van der Waals surface area contributed by atoms with Crippen LogP contribution in [0.5, 0.6) is 0 Å². The molecule has 5 heteroatoms. The van der Waals surface area contributed by atoms with E-state index in [0.29, 0.717) is 19.6 Å². The molecule has 0 aliphatic carbocycles. The van der Waals surface area contributed by atoms with E-state index in [1.807, 2.05) is 19.1 Å². The van der Waals surface area contributed by atoms with Crippen LogP contribution in [0, 0.1) is 12.3 Å². The Morgan fingerprint density at radius 2 is 2.38 bits per heavy atom. The second kappa shape index (κ2) is 6.89. The number of carboxylic acids is 1. The van der Waals surface area contributed by atoms with Gasteiger partial charge in [-0.05, 0) is 44.7 Å². The lowest BCUT2D eigenvalue weighted by atomic mass is 9.76. The van der Waals surface area contributed by atoms with Crippen LogP contribution in [-0.4, -0.2) is 42.9 Å². The van der Waals surface area contributed by atoms with E-state index in [1.165, 1.54) is 0 Å². The van der Waals surface area contributed by atoms with Crippen molar-refractivity contribution in [1.29, 1.82) is 0 Å². The molecule has 1 fully saturated rings. The van der Waals surface area contributed by atoms with Gasteiger partial charge in [-0.2, -0.15) is 0 Å². The number of aliphatic carboxylic acids is 1. The molecule has 1 unspecified atom stereocenters. The number of aromatic nitrogens is 1. The molecule has 1 aliphatic rings. The zero-order valence-corrected chi connectivity index (χ0v) is 12.8. The molecule has 1 aliphatic heterocycles. The predicted molar refractivity (Wildman–Crippen MR) is 81.6 cm³/mol. The van der Waals surface area contributed by atoms with Crippen molar-refractivity contribution in [1.82, 2.24) is 4.98 Å². The third kappa shape index (κ3) is 3.73. The first kappa shape index (κ1) is 15.8. The monoisotopic (exact) mass is 292 g/mol. The Kier molecular flexibility index (Phi) is 5.17. The number of pyridine rings is 1. The fraction of sp³-hybridized carbons (Fsp3) is 0.625. The summed E-state index contributed by atoms with van der Waals surface area (Å²) in [6, 6.07) is 3.98. The Balaban J connectivity index is 2.14. The molecule has 1 aromatic heterocycles. The van der Waals surface area contributed by atoms with Gasteiger partial charge in [-0.1, -0.05) is 0 Å². The predicted octanol–water partition coefficient (Wildman–Crippen LogP) is 2.49. The largest absolute Gasteiger partial charge is 0.481 e. The van der Waals surface area contributed by atoms with E-state index < -0.39 is 11.4 Å². The molecular formula is C16H24N2O3. The van der Waals surface area contributed by atoms with E-state index in [4.69, 9.17) is 4.74 Å². The summed E-state index contributed by atoms with van der Waals surface area (Å²) in [5, 5.41) is 9.73. The summed E-state index contributed by atoms with van der Waals surface area (Å²) >= 11 is 0. The molecule has 21 heavy (non-hydrogen) atoms. The molecule has 5 nitrogen and oxygen atoms in total. The van der Waals surface area contributed by atoms with E-state index in [2.05, 4.69) is 9.88 Å². The lowest BCUT2D eigenvalue weighted by Crippen LogP contribution is -2.48. The molecule has 0 saturated carbocycles. The lowest BCUT2D eigenvalue weighted by Gasteiger charge is -2.41. The van der Waals surface area contributed by atoms with Crippen molar-refractivity contribution in [2.75, 3.05) is 31.7 Å². The van der Waals surface area contributed by atoms with Gasteiger partial charge in [0, 0.05) is 44.4 Å². The van der Waals surface area contributed by atoms with Crippen LogP contribution in [0.1, 0.15) is 31.4 Å². The average molecular weight is 292 g/mol. The maximum absolute atomic E-state index is 11.8. The second-order valence-electron chi connectivity index (χ2n) is 5.86. The number of hydrogen-bond donors (Lipinski definition) is 1. The number of piperidine rings is 1. The zero-order valence-electron chi connectivity index (χ0n) is 12.8. The van der Waals surface area contributed by atoms with Crippen LogP contribution in [0.15, 0.2) is 18.3 Å². The molecule has 0 bridgehead atoms. The summed E-state index contributed by atoms with van der Waals surface area (Å²) in [7, 11) is 1.65. The van der Waals surface area contributed by atoms with E-state index in [1.54, 1.807) is 13.3 Å². The van der Waals surface area contributed by atoms with Crippen LogP contribution in [0.3, 0.4) is 0 Å². The molecule has 116 valence electrons. The van der Waals surface area contributed by atoms with Crippen molar-refractivity contribution >= 4 is 11.7 Å². The highest BCUT2D eigenvalue weighted by molar-refractivity contribution is 5.76. The van der Waals surface area contributed by atoms with Crippen LogP contribution < -0.4 is 4.90 Å². The fourth-order valence-electron chi connectivity index (χ4n) is 3.12. The molecule has 1 atom stereocenters. The van der Waals surface area contributed by atoms with Gasteiger partial charge < -0.3 is 14.7 Å². The molecule has 0 radical (unpaired) electrons. The Morgan fingerprint density at radius 1 is 1.57 bits per heavy atom. The van der Waals surface area contributed by atoms with E-state index in [9.17, 15) is 9.90 Å². The summed E-state index contributed by atoms with van der Waals surface area (Å²) in [5.41, 5.74) is 1.37. The van der Waals surface area contributed by atoms with Crippen molar-refractivity contribution in [3.63, 3.8) is 0 Å². The molecular weight excluding hydrogens is 268 g/mol. The van der Waals surface area contributed by atoms with Gasteiger partial charge in [-0.3, -0.25) is 9.78 Å². The Hall–Kier alpha value is -1.62. The van der Waals surface area contributed by atoms with Crippen LogP contribution in [-0.2, 0) is 9.53 Å². The number of carbonyl (C=O) groups is 1.